The number of nitrogens with one attached hydrogen (secondary N) is 2. The molecule has 6 heteroatoms. The number of aliphatic hydroxyl groups is 1. The first-order valence-corrected chi connectivity index (χ1v) is 6.79. The molecule has 0 bridgehead atoms. The van der Waals surface area contributed by atoms with Crippen molar-refractivity contribution < 1.29 is 14.3 Å². The van der Waals surface area contributed by atoms with Crippen LogP contribution < -0.4 is 10.6 Å². The van der Waals surface area contributed by atoms with Gasteiger partial charge in [0.15, 0.2) is 0 Å². The number of aliphatic hydroxyl groups excluding tert-OH is 1. The van der Waals surface area contributed by atoms with E-state index in [-0.39, 0.29) is 6.03 Å². The lowest BCUT2D eigenvalue weighted by Crippen LogP contribution is -2.31. The average molecular weight is 289 g/mol. The Hall–Kier alpha value is -2.34. The molecule has 21 heavy (non-hydrogen) atoms. The summed E-state index contributed by atoms with van der Waals surface area (Å²) in [6.07, 6.45) is 3.17. The number of amides is 2. The molecule has 0 radical (unpaired) electrons. The van der Waals surface area contributed by atoms with Crippen LogP contribution in [0, 0.1) is 6.92 Å². The Kier molecular flexibility index (Phi) is 4.94. The van der Waals surface area contributed by atoms with E-state index in [0.717, 1.165) is 11.1 Å². The van der Waals surface area contributed by atoms with Gasteiger partial charge in [-0.2, -0.15) is 0 Å². The molecule has 2 rings (SSSR count). The van der Waals surface area contributed by atoms with Crippen molar-refractivity contribution in [3.63, 3.8) is 0 Å². The van der Waals surface area contributed by atoms with Crippen LogP contribution in [-0.4, -0.2) is 28.8 Å². The zero-order chi connectivity index (χ0) is 15.2. The van der Waals surface area contributed by atoms with Crippen molar-refractivity contribution in [1.29, 1.82) is 0 Å². The Labute approximate surface area is 123 Å². The zero-order valence-corrected chi connectivity index (χ0v) is 12.1. The monoisotopic (exact) mass is 289 g/mol. The molecule has 1 aromatic heterocycles. The lowest BCUT2D eigenvalue weighted by Gasteiger charge is -2.11. The molecule has 112 valence electrons. The van der Waals surface area contributed by atoms with Crippen LogP contribution in [0.15, 0.2) is 35.1 Å². The van der Waals surface area contributed by atoms with E-state index in [0.29, 0.717) is 24.5 Å². The SMILES string of the molecule is Cc1ccc(-c2ncco2)cc1NC(=O)NCCC(C)O. The molecule has 1 unspecified atom stereocenters. The van der Waals surface area contributed by atoms with Gasteiger partial charge in [-0.3, -0.25) is 0 Å². The number of carbonyl (C=O) groups excluding carboxylic acids is 1. The van der Waals surface area contributed by atoms with Crippen LogP contribution in [0.4, 0.5) is 10.5 Å². The van der Waals surface area contributed by atoms with Crippen LogP contribution in [0.3, 0.4) is 0 Å². The predicted molar refractivity (Wildman–Crippen MR) is 80.0 cm³/mol. The van der Waals surface area contributed by atoms with Crippen molar-refractivity contribution in [3.8, 4) is 11.5 Å². The van der Waals surface area contributed by atoms with E-state index >= 15 is 0 Å². The summed E-state index contributed by atoms with van der Waals surface area (Å²) < 4.78 is 5.24. The molecule has 0 saturated heterocycles. The highest BCUT2D eigenvalue weighted by atomic mass is 16.3. The van der Waals surface area contributed by atoms with E-state index in [4.69, 9.17) is 9.52 Å². The largest absolute Gasteiger partial charge is 0.445 e. The first-order valence-electron chi connectivity index (χ1n) is 6.79. The number of aromatic nitrogens is 1. The molecule has 1 atom stereocenters. The molecule has 0 aliphatic carbocycles. The van der Waals surface area contributed by atoms with Gasteiger partial charge in [-0.15, -0.1) is 0 Å². The van der Waals surface area contributed by atoms with Gasteiger partial charge in [-0.25, -0.2) is 9.78 Å². The number of aryl methyl sites for hydroxylation is 1. The number of anilines is 1. The van der Waals surface area contributed by atoms with E-state index in [1.54, 1.807) is 13.1 Å². The topological polar surface area (TPSA) is 87.4 Å². The van der Waals surface area contributed by atoms with Gasteiger partial charge in [0.25, 0.3) is 0 Å². The Balaban J connectivity index is 2.02. The van der Waals surface area contributed by atoms with Crippen LogP contribution >= 0.6 is 0 Å². The number of oxazole rings is 1. The Morgan fingerprint density at radius 3 is 2.95 bits per heavy atom. The Morgan fingerprint density at radius 1 is 1.48 bits per heavy atom. The molecule has 1 aromatic carbocycles. The smallest absolute Gasteiger partial charge is 0.319 e. The normalized spacial score (nSPS) is 12.0. The maximum absolute atomic E-state index is 11.8. The van der Waals surface area contributed by atoms with E-state index in [1.165, 1.54) is 6.26 Å². The second-order valence-electron chi connectivity index (χ2n) is 4.89. The zero-order valence-electron chi connectivity index (χ0n) is 12.1. The van der Waals surface area contributed by atoms with Gasteiger partial charge in [0, 0.05) is 17.8 Å². The molecule has 1 heterocycles. The van der Waals surface area contributed by atoms with Crippen LogP contribution in [0.25, 0.3) is 11.5 Å². The Morgan fingerprint density at radius 2 is 2.29 bits per heavy atom. The average Bonchev–Trinajstić information content (AvgIpc) is 2.95. The third-order valence-electron chi connectivity index (χ3n) is 3.01. The number of benzene rings is 1. The molecular formula is C15H19N3O3. The summed E-state index contributed by atoms with van der Waals surface area (Å²) in [5, 5.41) is 14.6. The maximum atomic E-state index is 11.8. The fraction of sp³-hybridized carbons (Fsp3) is 0.333. The fourth-order valence-electron chi connectivity index (χ4n) is 1.82. The highest BCUT2D eigenvalue weighted by Gasteiger charge is 2.08. The molecule has 2 amide bonds. The standard InChI is InChI=1S/C15H19N3O3/c1-10-3-4-12(14-16-7-8-21-14)9-13(10)18-15(20)17-6-5-11(2)19/h3-4,7-9,11,19H,5-6H2,1-2H3,(H2,17,18,20). The molecule has 0 saturated carbocycles. The minimum absolute atomic E-state index is 0.302. The van der Waals surface area contributed by atoms with Gasteiger partial charge in [-0.05, 0) is 38.0 Å². The van der Waals surface area contributed by atoms with Crippen LogP contribution in [0.1, 0.15) is 18.9 Å². The first kappa shape index (κ1) is 15.1. The van der Waals surface area contributed by atoms with Crippen molar-refractivity contribution in [1.82, 2.24) is 10.3 Å². The highest BCUT2D eigenvalue weighted by molar-refractivity contribution is 5.90. The van der Waals surface area contributed by atoms with Gasteiger partial charge >= 0.3 is 6.03 Å². The van der Waals surface area contributed by atoms with Crippen LogP contribution in [-0.2, 0) is 0 Å². The van der Waals surface area contributed by atoms with Crippen LogP contribution in [0.2, 0.25) is 0 Å². The summed E-state index contributed by atoms with van der Waals surface area (Å²) in [4.78, 5) is 15.9. The second-order valence-corrected chi connectivity index (χ2v) is 4.89. The number of urea groups is 1. The number of nitrogens with zero attached hydrogens (tertiary/aromatic N) is 1. The molecule has 0 fully saturated rings. The molecule has 0 aliphatic heterocycles. The summed E-state index contributed by atoms with van der Waals surface area (Å²) in [5.41, 5.74) is 2.43. The van der Waals surface area contributed by atoms with E-state index < -0.39 is 6.10 Å². The van der Waals surface area contributed by atoms with Crippen molar-refractivity contribution >= 4 is 11.7 Å². The van der Waals surface area contributed by atoms with E-state index in [1.807, 2.05) is 25.1 Å². The minimum Gasteiger partial charge on any atom is -0.445 e. The lowest BCUT2D eigenvalue weighted by atomic mass is 10.1. The fourth-order valence-corrected chi connectivity index (χ4v) is 1.82. The third kappa shape index (κ3) is 4.32. The first-order chi connectivity index (χ1) is 10.1. The third-order valence-corrected chi connectivity index (χ3v) is 3.01. The second kappa shape index (κ2) is 6.90. The number of rotatable bonds is 5. The molecule has 0 spiro atoms. The van der Waals surface area contributed by atoms with Crippen molar-refractivity contribution in [3.05, 3.63) is 36.2 Å². The van der Waals surface area contributed by atoms with Gasteiger partial charge in [0.1, 0.15) is 6.26 Å². The van der Waals surface area contributed by atoms with Gasteiger partial charge in [0.05, 0.1) is 12.3 Å². The van der Waals surface area contributed by atoms with Crippen LogP contribution in [0.5, 0.6) is 0 Å². The minimum atomic E-state index is -0.430. The summed E-state index contributed by atoms with van der Waals surface area (Å²) in [6.45, 7) is 4.01. The van der Waals surface area contributed by atoms with Crippen molar-refractivity contribution in [2.75, 3.05) is 11.9 Å². The summed E-state index contributed by atoms with van der Waals surface area (Å²) in [7, 11) is 0. The Bertz CT molecular complexity index is 594. The van der Waals surface area contributed by atoms with E-state index in [2.05, 4.69) is 15.6 Å². The van der Waals surface area contributed by atoms with Gasteiger partial charge < -0.3 is 20.2 Å². The molecular weight excluding hydrogens is 270 g/mol. The lowest BCUT2D eigenvalue weighted by molar-refractivity contribution is 0.184. The molecule has 3 N–H and O–H groups in total. The maximum Gasteiger partial charge on any atom is 0.319 e. The molecule has 0 aliphatic rings. The number of carbonyl (C=O) groups is 1. The molecule has 6 nitrogen and oxygen atoms in total. The summed E-state index contributed by atoms with van der Waals surface area (Å²) in [6, 6.07) is 5.29. The van der Waals surface area contributed by atoms with E-state index in [9.17, 15) is 4.79 Å². The quantitative estimate of drug-likeness (QED) is 0.789. The summed E-state index contributed by atoms with van der Waals surface area (Å²) in [5.74, 6) is 0.507. The summed E-state index contributed by atoms with van der Waals surface area (Å²) >= 11 is 0. The van der Waals surface area contributed by atoms with Gasteiger partial charge in [-0.1, -0.05) is 6.07 Å². The van der Waals surface area contributed by atoms with Crippen molar-refractivity contribution in [2.45, 2.75) is 26.4 Å². The van der Waals surface area contributed by atoms with Crippen molar-refractivity contribution in [2.24, 2.45) is 0 Å². The number of hydrogen-bond acceptors (Lipinski definition) is 4. The highest BCUT2D eigenvalue weighted by Crippen LogP contribution is 2.24. The number of hydrogen-bond donors (Lipinski definition) is 3. The van der Waals surface area contributed by atoms with Gasteiger partial charge in [0.2, 0.25) is 5.89 Å². The predicted octanol–water partition coefficient (Wildman–Crippen LogP) is 2.54. The molecule has 2 aromatic rings.